The second-order valence-corrected chi connectivity index (χ2v) is 5.38. The highest BCUT2D eigenvalue weighted by molar-refractivity contribution is 5.93. The number of hydrogen-bond donors (Lipinski definition) is 0. The largest absolute Gasteiger partial charge is 0.361 e. The number of hydrogen-bond acceptors (Lipinski definition) is 4. The average Bonchev–Trinajstić information content (AvgIpc) is 2.63. The molecule has 4 heteroatoms. The number of carbonyl (C=O) groups is 1. The van der Waals surface area contributed by atoms with Crippen LogP contribution >= 0.6 is 0 Å². The predicted octanol–water partition coefficient (Wildman–Crippen LogP) is 0.128. The second-order valence-electron chi connectivity index (χ2n) is 5.38. The van der Waals surface area contributed by atoms with Crippen LogP contribution in [0.2, 0.25) is 0 Å². The highest BCUT2D eigenvalue weighted by Crippen LogP contribution is 2.66. The van der Waals surface area contributed by atoms with Crippen LogP contribution < -0.4 is 0 Å². The average molecular weight is 220 g/mol. The Morgan fingerprint density at radius 3 is 2.69 bits per heavy atom. The van der Waals surface area contributed by atoms with E-state index in [-0.39, 0.29) is 35.7 Å². The summed E-state index contributed by atoms with van der Waals surface area (Å²) in [4.78, 5) is 12.1. The van der Waals surface area contributed by atoms with E-state index in [9.17, 15) is 4.79 Å². The zero-order chi connectivity index (χ0) is 10.5. The summed E-state index contributed by atoms with van der Waals surface area (Å²) < 4.78 is 17.1. The smallest absolute Gasteiger partial charge is 0.182 e. The molecule has 84 valence electrons. The lowest BCUT2D eigenvalue weighted by Gasteiger charge is -2.28. The van der Waals surface area contributed by atoms with Gasteiger partial charge in [-0.15, -0.1) is 0 Å². The summed E-state index contributed by atoms with van der Waals surface area (Å²) in [5.74, 6) is 0.537. The van der Waals surface area contributed by atoms with Crippen LogP contribution in [0.5, 0.6) is 0 Å². The van der Waals surface area contributed by atoms with Gasteiger partial charge in [0.2, 0.25) is 0 Å². The summed E-state index contributed by atoms with van der Waals surface area (Å²) in [6.45, 7) is 1.30. The van der Waals surface area contributed by atoms with Gasteiger partial charge in [0, 0.05) is 23.7 Å². The molecular weight excluding hydrogens is 208 g/mol. The van der Waals surface area contributed by atoms with E-state index in [1.807, 2.05) is 0 Å². The van der Waals surface area contributed by atoms with Crippen molar-refractivity contribution in [2.45, 2.75) is 18.0 Å². The molecule has 0 aromatic heterocycles. The minimum atomic E-state index is -0.512. The third-order valence-electron chi connectivity index (χ3n) is 4.92. The number of fused-ring (bicyclic) bond motifs is 5. The standard InChI is InChI=1S/C12H12O4/c13-9-7-5-1-2-6(8(7)10-11(9)16-10)12(5)14-3-4-15-12/h1-2,5-8,10-11H,3-4H2/t5-,6+,7+,8-,10+,11-/m0/s1. The van der Waals surface area contributed by atoms with Crippen molar-refractivity contribution in [1.29, 1.82) is 0 Å². The molecule has 4 nitrogen and oxygen atoms in total. The van der Waals surface area contributed by atoms with Gasteiger partial charge in [0.15, 0.2) is 11.6 Å². The predicted molar refractivity (Wildman–Crippen MR) is 51.4 cm³/mol. The Hall–Kier alpha value is -0.710. The zero-order valence-corrected chi connectivity index (χ0v) is 8.67. The molecule has 2 saturated carbocycles. The molecule has 16 heavy (non-hydrogen) atoms. The van der Waals surface area contributed by atoms with Gasteiger partial charge in [-0.25, -0.2) is 0 Å². The lowest BCUT2D eigenvalue weighted by Crippen LogP contribution is -2.39. The fraction of sp³-hybridized carbons (Fsp3) is 0.750. The molecule has 2 aliphatic heterocycles. The van der Waals surface area contributed by atoms with Gasteiger partial charge >= 0.3 is 0 Å². The van der Waals surface area contributed by atoms with Gasteiger partial charge in [-0.3, -0.25) is 4.79 Å². The van der Waals surface area contributed by atoms with E-state index in [1.54, 1.807) is 0 Å². The molecule has 6 atom stereocenters. The van der Waals surface area contributed by atoms with E-state index in [2.05, 4.69) is 12.2 Å². The Morgan fingerprint density at radius 2 is 1.94 bits per heavy atom. The van der Waals surface area contributed by atoms with Crippen LogP contribution in [0.1, 0.15) is 0 Å². The first-order chi connectivity index (χ1) is 7.83. The number of ether oxygens (including phenoxy) is 3. The summed E-state index contributed by atoms with van der Waals surface area (Å²) in [5.41, 5.74) is 0. The van der Waals surface area contributed by atoms with Crippen molar-refractivity contribution in [2.24, 2.45) is 23.7 Å². The first-order valence-corrected chi connectivity index (χ1v) is 5.98. The molecule has 2 bridgehead atoms. The van der Waals surface area contributed by atoms with Crippen molar-refractivity contribution in [3.8, 4) is 0 Å². The molecule has 0 unspecified atom stereocenters. The molecular formula is C12H12O4. The first-order valence-electron chi connectivity index (χ1n) is 5.98. The maximum atomic E-state index is 12.1. The van der Waals surface area contributed by atoms with Gasteiger partial charge in [-0.2, -0.15) is 0 Å². The minimum Gasteiger partial charge on any atom is -0.361 e. The lowest BCUT2D eigenvalue weighted by molar-refractivity contribution is -0.189. The van der Waals surface area contributed by atoms with Crippen LogP contribution in [0.15, 0.2) is 12.2 Å². The van der Waals surface area contributed by atoms with E-state index >= 15 is 0 Å². The first kappa shape index (κ1) is 8.39. The van der Waals surface area contributed by atoms with Crippen molar-refractivity contribution in [2.75, 3.05) is 13.2 Å². The summed E-state index contributed by atoms with van der Waals surface area (Å²) in [5, 5.41) is 0. The van der Waals surface area contributed by atoms with Crippen molar-refractivity contribution in [3.63, 3.8) is 0 Å². The number of Topliss-reactive ketones (excluding diaryl/α,β-unsaturated/α-hetero) is 1. The van der Waals surface area contributed by atoms with Crippen molar-refractivity contribution in [3.05, 3.63) is 12.2 Å². The van der Waals surface area contributed by atoms with Gasteiger partial charge in [0.05, 0.1) is 19.3 Å². The van der Waals surface area contributed by atoms with Crippen LogP contribution in [-0.4, -0.2) is 37.0 Å². The molecule has 5 aliphatic rings. The number of carbonyl (C=O) groups excluding carboxylic acids is 1. The summed E-state index contributed by atoms with van der Waals surface area (Å²) in [7, 11) is 0. The maximum absolute atomic E-state index is 12.1. The molecule has 0 N–H and O–H groups in total. The topological polar surface area (TPSA) is 48.1 Å². The fourth-order valence-corrected chi connectivity index (χ4v) is 4.40. The van der Waals surface area contributed by atoms with Crippen LogP contribution in [0.25, 0.3) is 0 Å². The second kappa shape index (κ2) is 2.28. The molecule has 0 aromatic carbocycles. The third kappa shape index (κ3) is 0.657. The zero-order valence-electron chi connectivity index (χ0n) is 8.67. The third-order valence-corrected chi connectivity index (χ3v) is 4.92. The molecule has 1 spiro atoms. The van der Waals surface area contributed by atoms with E-state index in [0.29, 0.717) is 19.1 Å². The van der Waals surface area contributed by atoms with E-state index in [0.717, 1.165) is 0 Å². The molecule has 3 aliphatic carbocycles. The SMILES string of the molecule is O=C1[C@H]2[C@@H]([C@H]3O[C@@H]13)[C@H]1C=C[C@@H]2C12OCCO2. The van der Waals surface area contributed by atoms with Crippen molar-refractivity contribution in [1.82, 2.24) is 0 Å². The Kier molecular flexibility index (Phi) is 1.19. The molecule has 5 rings (SSSR count). The van der Waals surface area contributed by atoms with E-state index < -0.39 is 5.79 Å². The molecule has 4 fully saturated rings. The minimum absolute atomic E-state index is 0.0943. The molecule has 2 heterocycles. The normalized spacial score (nSPS) is 58.4. The summed E-state index contributed by atoms with van der Waals surface area (Å²) in [6.07, 6.45) is 4.36. The number of rotatable bonds is 0. The summed E-state index contributed by atoms with van der Waals surface area (Å²) in [6, 6.07) is 0. The molecule has 0 radical (unpaired) electrons. The lowest BCUT2D eigenvalue weighted by atomic mass is 9.85. The van der Waals surface area contributed by atoms with Crippen molar-refractivity contribution < 1.29 is 19.0 Å². The van der Waals surface area contributed by atoms with Gasteiger partial charge in [-0.05, 0) is 0 Å². The Morgan fingerprint density at radius 1 is 1.19 bits per heavy atom. The number of ketones is 1. The molecule has 0 aromatic rings. The quantitative estimate of drug-likeness (QED) is 0.430. The van der Waals surface area contributed by atoms with Gasteiger partial charge in [0.1, 0.15) is 6.10 Å². The van der Waals surface area contributed by atoms with Gasteiger partial charge in [-0.1, -0.05) is 12.2 Å². The summed E-state index contributed by atoms with van der Waals surface area (Å²) >= 11 is 0. The van der Waals surface area contributed by atoms with Gasteiger partial charge in [0.25, 0.3) is 0 Å². The molecule has 0 amide bonds. The van der Waals surface area contributed by atoms with Crippen LogP contribution in [0.3, 0.4) is 0 Å². The van der Waals surface area contributed by atoms with Gasteiger partial charge < -0.3 is 14.2 Å². The highest BCUT2D eigenvalue weighted by Gasteiger charge is 2.77. The Balaban J connectivity index is 1.66. The maximum Gasteiger partial charge on any atom is 0.182 e. The fourth-order valence-electron chi connectivity index (χ4n) is 4.40. The van der Waals surface area contributed by atoms with Crippen LogP contribution in [-0.2, 0) is 19.0 Å². The molecule has 2 saturated heterocycles. The van der Waals surface area contributed by atoms with Crippen LogP contribution in [0.4, 0.5) is 0 Å². The van der Waals surface area contributed by atoms with Crippen LogP contribution in [0, 0.1) is 23.7 Å². The van der Waals surface area contributed by atoms with Crippen molar-refractivity contribution >= 4 is 5.78 Å². The Bertz CT molecular complexity index is 423. The monoisotopic (exact) mass is 220 g/mol. The number of epoxide rings is 1. The highest BCUT2D eigenvalue weighted by atomic mass is 16.7. The van der Waals surface area contributed by atoms with E-state index in [1.165, 1.54) is 0 Å². The Labute approximate surface area is 92.5 Å². The van der Waals surface area contributed by atoms with E-state index in [4.69, 9.17) is 14.2 Å².